The third kappa shape index (κ3) is 3.85. The highest BCUT2D eigenvalue weighted by Crippen LogP contribution is 2.32. The van der Waals surface area contributed by atoms with Gasteiger partial charge in [0.1, 0.15) is 15.6 Å². The zero-order valence-electron chi connectivity index (χ0n) is 15.0. The number of thiophene rings is 1. The summed E-state index contributed by atoms with van der Waals surface area (Å²) in [5, 5.41) is 13.9. The number of hydrogen-bond donors (Lipinski definition) is 0. The lowest BCUT2D eigenvalue weighted by molar-refractivity contribution is -0.401. The molecule has 0 aromatic carbocycles. The van der Waals surface area contributed by atoms with E-state index in [1.807, 2.05) is 11.4 Å². The normalized spacial score (nSPS) is 11.2. The van der Waals surface area contributed by atoms with Crippen molar-refractivity contribution in [1.82, 2.24) is 9.97 Å². The summed E-state index contributed by atoms with van der Waals surface area (Å²) in [6.45, 7) is 6.20. The summed E-state index contributed by atoms with van der Waals surface area (Å²) in [7, 11) is 0. The van der Waals surface area contributed by atoms with Crippen molar-refractivity contribution in [2.45, 2.75) is 39.5 Å². The molecule has 3 rings (SSSR count). The van der Waals surface area contributed by atoms with Crippen molar-refractivity contribution >= 4 is 33.3 Å². The molecule has 0 radical (unpaired) electrons. The van der Waals surface area contributed by atoms with Gasteiger partial charge in [0.25, 0.3) is 0 Å². The van der Waals surface area contributed by atoms with Crippen LogP contribution < -0.4 is 4.90 Å². The van der Waals surface area contributed by atoms with Crippen LogP contribution in [0.1, 0.15) is 39.5 Å². The lowest BCUT2D eigenvalue weighted by atomic mass is 10.2. The van der Waals surface area contributed by atoms with Gasteiger partial charge in [0.15, 0.2) is 11.6 Å². The summed E-state index contributed by atoms with van der Waals surface area (Å²) in [4.78, 5) is 22.8. The summed E-state index contributed by atoms with van der Waals surface area (Å²) < 4.78 is 5.32. The van der Waals surface area contributed by atoms with E-state index in [1.54, 1.807) is 6.07 Å². The Morgan fingerprint density at radius 1 is 1.15 bits per heavy atom. The minimum absolute atomic E-state index is 0.301. The van der Waals surface area contributed by atoms with Crippen LogP contribution >= 0.6 is 11.3 Å². The molecule has 8 heteroatoms. The summed E-state index contributed by atoms with van der Waals surface area (Å²) in [5.74, 6) is 1.29. The van der Waals surface area contributed by atoms with Crippen molar-refractivity contribution in [1.29, 1.82) is 0 Å². The fourth-order valence-corrected chi connectivity index (χ4v) is 3.52. The number of fused-ring (bicyclic) bond motifs is 1. The molecule has 0 fully saturated rings. The molecule has 3 aromatic rings. The Balaban J connectivity index is 2.04. The number of anilines is 1. The van der Waals surface area contributed by atoms with Crippen LogP contribution in [0.5, 0.6) is 0 Å². The maximum atomic E-state index is 10.9. The number of nitro groups is 1. The third-order valence-corrected chi connectivity index (χ3v) is 4.97. The van der Waals surface area contributed by atoms with E-state index in [2.05, 4.69) is 23.7 Å². The van der Waals surface area contributed by atoms with Crippen LogP contribution in [0.25, 0.3) is 21.8 Å². The van der Waals surface area contributed by atoms with Gasteiger partial charge in [-0.05, 0) is 30.4 Å². The zero-order chi connectivity index (χ0) is 18.5. The first kappa shape index (κ1) is 18.3. The van der Waals surface area contributed by atoms with E-state index in [0.29, 0.717) is 11.6 Å². The molecular weight excluding hydrogens is 352 g/mol. The van der Waals surface area contributed by atoms with Crippen LogP contribution in [0.3, 0.4) is 0 Å². The molecule has 3 aromatic heterocycles. The topological polar surface area (TPSA) is 85.3 Å². The minimum atomic E-state index is -0.553. The van der Waals surface area contributed by atoms with Gasteiger partial charge in [-0.2, -0.15) is 0 Å². The smallest absolute Gasteiger partial charge is 0.397 e. The molecule has 0 amide bonds. The first-order chi connectivity index (χ1) is 12.6. The molecule has 0 aliphatic rings. The Labute approximate surface area is 155 Å². The average molecular weight is 374 g/mol. The van der Waals surface area contributed by atoms with Gasteiger partial charge < -0.3 is 9.32 Å². The van der Waals surface area contributed by atoms with E-state index in [4.69, 9.17) is 9.40 Å². The van der Waals surface area contributed by atoms with Crippen molar-refractivity contribution in [2.75, 3.05) is 18.0 Å². The second-order valence-electron chi connectivity index (χ2n) is 6.10. The van der Waals surface area contributed by atoms with Gasteiger partial charge >= 0.3 is 5.88 Å². The fraction of sp³-hybridized carbons (Fsp3) is 0.444. The molecule has 0 atom stereocenters. The van der Waals surface area contributed by atoms with E-state index >= 15 is 0 Å². The van der Waals surface area contributed by atoms with Gasteiger partial charge in [-0.3, -0.25) is 10.1 Å². The van der Waals surface area contributed by atoms with Crippen LogP contribution in [-0.2, 0) is 0 Å². The Morgan fingerprint density at radius 3 is 2.50 bits per heavy atom. The third-order valence-electron chi connectivity index (χ3n) is 4.16. The number of rotatable bonds is 9. The quantitative estimate of drug-likeness (QED) is 0.375. The van der Waals surface area contributed by atoms with Crippen molar-refractivity contribution in [3.8, 4) is 11.6 Å². The molecule has 0 unspecified atom stereocenters. The summed E-state index contributed by atoms with van der Waals surface area (Å²) in [6, 6.07) is 4.93. The summed E-state index contributed by atoms with van der Waals surface area (Å²) >= 11 is 1.54. The second kappa shape index (κ2) is 8.27. The Bertz CT molecular complexity index is 882. The first-order valence-corrected chi connectivity index (χ1v) is 9.76. The molecule has 0 aliphatic carbocycles. The summed E-state index contributed by atoms with van der Waals surface area (Å²) in [5.41, 5.74) is 0. The monoisotopic (exact) mass is 374 g/mol. The molecule has 3 heterocycles. The van der Waals surface area contributed by atoms with Crippen molar-refractivity contribution in [3.63, 3.8) is 0 Å². The number of hydrogen-bond acceptors (Lipinski definition) is 7. The summed E-state index contributed by atoms with van der Waals surface area (Å²) in [6.07, 6.45) is 4.39. The molecule has 0 aliphatic heterocycles. The van der Waals surface area contributed by atoms with Crippen LogP contribution in [0.4, 0.5) is 11.7 Å². The second-order valence-corrected chi connectivity index (χ2v) is 6.99. The molecule has 7 nitrogen and oxygen atoms in total. The van der Waals surface area contributed by atoms with Crippen molar-refractivity contribution in [2.24, 2.45) is 0 Å². The maximum absolute atomic E-state index is 10.9. The molecule has 0 N–H and O–H groups in total. The molecule has 138 valence electrons. The molecule has 0 saturated carbocycles. The van der Waals surface area contributed by atoms with Gasteiger partial charge in [0, 0.05) is 13.1 Å². The minimum Gasteiger partial charge on any atom is -0.397 e. The highest BCUT2D eigenvalue weighted by atomic mass is 32.1. The van der Waals surface area contributed by atoms with E-state index in [-0.39, 0.29) is 5.88 Å². The van der Waals surface area contributed by atoms with Crippen LogP contribution in [0.15, 0.2) is 28.0 Å². The number of nitrogens with zero attached hydrogens (tertiary/aromatic N) is 4. The van der Waals surface area contributed by atoms with Gasteiger partial charge in [-0.15, -0.1) is 11.3 Å². The lowest BCUT2D eigenvalue weighted by Crippen LogP contribution is -2.27. The number of unbranched alkanes of at least 4 members (excludes halogenated alkanes) is 2. The van der Waals surface area contributed by atoms with Gasteiger partial charge in [-0.1, -0.05) is 26.7 Å². The zero-order valence-corrected chi connectivity index (χ0v) is 15.8. The number of furan rings is 1. The Kier molecular flexibility index (Phi) is 5.82. The largest absolute Gasteiger partial charge is 0.433 e. The van der Waals surface area contributed by atoms with E-state index < -0.39 is 4.92 Å². The predicted molar refractivity (Wildman–Crippen MR) is 104 cm³/mol. The highest BCUT2D eigenvalue weighted by molar-refractivity contribution is 7.16. The van der Waals surface area contributed by atoms with Crippen molar-refractivity contribution in [3.05, 3.63) is 33.7 Å². The van der Waals surface area contributed by atoms with Gasteiger partial charge in [0.2, 0.25) is 0 Å². The molecule has 26 heavy (non-hydrogen) atoms. The van der Waals surface area contributed by atoms with E-state index in [0.717, 1.165) is 54.8 Å². The SMILES string of the molecule is CCCCN(CCCC)c1nc(-c2ccc([N+](=O)[O-])o2)nc2sccc12. The molecule has 0 spiro atoms. The predicted octanol–water partition coefficient (Wildman–Crippen LogP) is 5.27. The fourth-order valence-electron chi connectivity index (χ4n) is 2.76. The first-order valence-electron chi connectivity index (χ1n) is 8.88. The van der Waals surface area contributed by atoms with Crippen molar-refractivity contribution < 1.29 is 9.34 Å². The maximum Gasteiger partial charge on any atom is 0.433 e. The molecule has 0 bridgehead atoms. The Hall–Kier alpha value is -2.48. The van der Waals surface area contributed by atoms with Gasteiger partial charge in [-0.25, -0.2) is 9.97 Å². The Morgan fingerprint density at radius 2 is 1.88 bits per heavy atom. The van der Waals surface area contributed by atoms with Crippen LogP contribution in [-0.4, -0.2) is 28.0 Å². The average Bonchev–Trinajstić information content (AvgIpc) is 3.30. The highest BCUT2D eigenvalue weighted by Gasteiger charge is 2.20. The van der Waals surface area contributed by atoms with E-state index in [9.17, 15) is 10.1 Å². The standard InChI is InChI=1S/C18H22N4O3S/c1-3-5-10-21(11-6-4-2)17-13-9-12-26-18(13)20-16(19-17)14-7-8-15(25-14)22(23)24/h7-9,12H,3-6,10-11H2,1-2H3. The molecule has 0 saturated heterocycles. The lowest BCUT2D eigenvalue weighted by Gasteiger charge is -2.24. The van der Waals surface area contributed by atoms with Crippen LogP contribution in [0, 0.1) is 10.1 Å². The molecular formula is C18H22N4O3S. The van der Waals surface area contributed by atoms with E-state index in [1.165, 1.54) is 17.4 Å². The van der Waals surface area contributed by atoms with Gasteiger partial charge in [0.05, 0.1) is 11.5 Å². The number of aromatic nitrogens is 2. The van der Waals surface area contributed by atoms with Crippen LogP contribution in [0.2, 0.25) is 0 Å².